The lowest BCUT2D eigenvalue weighted by Crippen LogP contribution is -2.08. The van der Waals surface area contributed by atoms with Crippen LogP contribution in [-0.2, 0) is 21.1 Å². The van der Waals surface area contributed by atoms with E-state index in [9.17, 15) is 9.90 Å². The molecule has 8 nitrogen and oxygen atoms in total. The van der Waals surface area contributed by atoms with Gasteiger partial charge in [-0.1, -0.05) is 0 Å². The fourth-order valence-electron chi connectivity index (χ4n) is 2.32. The summed E-state index contributed by atoms with van der Waals surface area (Å²) < 4.78 is 15.4. The van der Waals surface area contributed by atoms with Crippen molar-refractivity contribution in [1.29, 1.82) is 0 Å². The molecule has 0 spiro atoms. The number of nitrogens with zero attached hydrogens (tertiary/aromatic N) is 1. The van der Waals surface area contributed by atoms with E-state index in [1.54, 1.807) is 12.1 Å². The third-order valence-electron chi connectivity index (χ3n) is 3.38. The van der Waals surface area contributed by atoms with E-state index in [0.717, 1.165) is 0 Å². The van der Waals surface area contributed by atoms with Crippen molar-refractivity contribution in [3.8, 4) is 28.4 Å². The largest absolute Gasteiger partial charge is 0.508 e. The molecule has 2 rings (SSSR count). The number of hydrogen-bond acceptors (Lipinski definition) is 8. The number of methoxy groups -OCH3 is 3. The van der Waals surface area contributed by atoms with Crippen molar-refractivity contribution in [1.82, 2.24) is 4.98 Å². The topological polar surface area (TPSA) is 96.3 Å². The van der Waals surface area contributed by atoms with Gasteiger partial charge in [-0.25, -0.2) is 19.6 Å². The van der Waals surface area contributed by atoms with Crippen LogP contribution in [-0.4, -0.2) is 44.5 Å². The van der Waals surface area contributed by atoms with Crippen molar-refractivity contribution in [2.75, 3.05) is 28.4 Å². The molecule has 1 N–H and O–H groups in total. The summed E-state index contributed by atoms with van der Waals surface area (Å²) in [6.45, 7) is 0.0249. The standard InChI is InChI=1S/C17H19NO7/c1-21-14-7-12(19)8-15(22-2)16(14)10-5-11(9-25-24-4)18-13(6-10)17(20)23-3/h5-8,19H,9H2,1-4H3. The molecular weight excluding hydrogens is 330 g/mol. The van der Waals surface area contributed by atoms with Gasteiger partial charge in [0.1, 0.15) is 29.5 Å². The predicted molar refractivity (Wildman–Crippen MR) is 87.6 cm³/mol. The van der Waals surface area contributed by atoms with E-state index < -0.39 is 5.97 Å². The van der Waals surface area contributed by atoms with Gasteiger partial charge in [-0.3, -0.25) is 0 Å². The Labute approximate surface area is 144 Å². The molecule has 1 aromatic heterocycles. The quantitative estimate of drug-likeness (QED) is 0.462. The summed E-state index contributed by atoms with van der Waals surface area (Å²) in [7, 11) is 5.57. The first-order valence-electron chi connectivity index (χ1n) is 7.24. The zero-order chi connectivity index (χ0) is 18.4. The molecule has 0 bridgehead atoms. The fourth-order valence-corrected chi connectivity index (χ4v) is 2.32. The molecule has 0 aliphatic carbocycles. The Hall–Kier alpha value is -2.84. The number of carbonyl (C=O) groups is 1. The van der Waals surface area contributed by atoms with Crippen molar-refractivity contribution in [3.63, 3.8) is 0 Å². The molecule has 0 amide bonds. The number of hydrogen-bond donors (Lipinski definition) is 1. The number of carbonyl (C=O) groups excluding carboxylic acids is 1. The summed E-state index contributed by atoms with van der Waals surface area (Å²) in [6.07, 6.45) is 0. The Morgan fingerprint density at radius 2 is 1.68 bits per heavy atom. The summed E-state index contributed by atoms with van der Waals surface area (Å²) in [5.41, 5.74) is 1.66. The predicted octanol–water partition coefficient (Wildman–Crippen LogP) is 2.34. The summed E-state index contributed by atoms with van der Waals surface area (Å²) in [5, 5.41) is 9.80. The summed E-state index contributed by atoms with van der Waals surface area (Å²) in [4.78, 5) is 25.6. The highest BCUT2D eigenvalue weighted by Crippen LogP contribution is 2.41. The Kier molecular flexibility index (Phi) is 6.15. The second-order valence-corrected chi connectivity index (χ2v) is 4.88. The second kappa shape index (κ2) is 8.32. The van der Waals surface area contributed by atoms with Gasteiger partial charge in [-0.2, -0.15) is 0 Å². The number of esters is 1. The average molecular weight is 349 g/mol. The van der Waals surface area contributed by atoms with E-state index in [0.29, 0.717) is 28.3 Å². The van der Waals surface area contributed by atoms with Crippen molar-refractivity contribution >= 4 is 5.97 Å². The summed E-state index contributed by atoms with van der Waals surface area (Å²) in [6, 6.07) is 6.13. The van der Waals surface area contributed by atoms with E-state index in [4.69, 9.17) is 19.1 Å². The number of ether oxygens (including phenoxy) is 3. The molecule has 0 unspecified atom stereocenters. The van der Waals surface area contributed by atoms with Crippen LogP contribution in [0.3, 0.4) is 0 Å². The number of phenols is 1. The first-order chi connectivity index (χ1) is 12.0. The maximum atomic E-state index is 11.9. The number of rotatable bonds is 7. The van der Waals surface area contributed by atoms with Crippen LogP contribution in [0.25, 0.3) is 11.1 Å². The van der Waals surface area contributed by atoms with E-state index in [-0.39, 0.29) is 18.1 Å². The van der Waals surface area contributed by atoms with Crippen LogP contribution < -0.4 is 9.47 Å². The lowest BCUT2D eigenvalue weighted by atomic mass is 10.0. The molecule has 0 saturated carbocycles. The molecule has 8 heteroatoms. The SMILES string of the molecule is COOCc1cc(-c2c(OC)cc(O)cc2OC)cc(C(=O)OC)n1. The maximum Gasteiger partial charge on any atom is 0.356 e. The van der Waals surface area contributed by atoms with Gasteiger partial charge in [0.2, 0.25) is 0 Å². The maximum absolute atomic E-state index is 11.9. The van der Waals surface area contributed by atoms with Crippen molar-refractivity contribution in [3.05, 3.63) is 35.7 Å². The van der Waals surface area contributed by atoms with Crippen LogP contribution in [0, 0.1) is 0 Å². The molecule has 1 aromatic carbocycles. The smallest absolute Gasteiger partial charge is 0.356 e. The monoisotopic (exact) mass is 349 g/mol. The number of aromatic nitrogens is 1. The highest BCUT2D eigenvalue weighted by atomic mass is 17.2. The van der Waals surface area contributed by atoms with Gasteiger partial charge in [0.05, 0.1) is 39.7 Å². The third kappa shape index (κ3) is 4.17. The first-order valence-corrected chi connectivity index (χ1v) is 7.24. The molecule has 0 aliphatic heterocycles. The first kappa shape index (κ1) is 18.5. The Morgan fingerprint density at radius 3 is 2.20 bits per heavy atom. The fraction of sp³-hybridized carbons (Fsp3) is 0.294. The minimum Gasteiger partial charge on any atom is -0.508 e. The van der Waals surface area contributed by atoms with Crippen molar-refractivity contribution in [2.24, 2.45) is 0 Å². The van der Waals surface area contributed by atoms with Crippen LogP contribution in [0.1, 0.15) is 16.2 Å². The molecule has 0 fully saturated rings. The molecule has 0 radical (unpaired) electrons. The van der Waals surface area contributed by atoms with Gasteiger partial charge in [0.15, 0.2) is 0 Å². The average Bonchev–Trinajstić information content (AvgIpc) is 2.64. The lowest BCUT2D eigenvalue weighted by molar-refractivity contribution is -0.282. The van der Waals surface area contributed by atoms with Crippen LogP contribution in [0.5, 0.6) is 17.2 Å². The highest BCUT2D eigenvalue weighted by Gasteiger charge is 2.19. The molecule has 2 aromatic rings. The molecule has 25 heavy (non-hydrogen) atoms. The Balaban J connectivity index is 2.67. The zero-order valence-corrected chi connectivity index (χ0v) is 14.4. The molecule has 0 saturated heterocycles. The van der Waals surface area contributed by atoms with Crippen molar-refractivity contribution in [2.45, 2.75) is 6.61 Å². The zero-order valence-electron chi connectivity index (χ0n) is 14.4. The van der Waals surface area contributed by atoms with E-state index >= 15 is 0 Å². The van der Waals surface area contributed by atoms with Gasteiger partial charge in [-0.15, -0.1) is 0 Å². The van der Waals surface area contributed by atoms with Gasteiger partial charge in [0, 0.05) is 12.1 Å². The highest BCUT2D eigenvalue weighted by molar-refractivity contribution is 5.90. The van der Waals surface area contributed by atoms with E-state index in [1.165, 1.54) is 40.6 Å². The molecule has 1 heterocycles. The molecule has 0 atom stereocenters. The van der Waals surface area contributed by atoms with E-state index in [2.05, 4.69) is 9.87 Å². The summed E-state index contributed by atoms with van der Waals surface area (Å²) >= 11 is 0. The van der Waals surface area contributed by atoms with Crippen LogP contribution >= 0.6 is 0 Å². The van der Waals surface area contributed by atoms with Crippen molar-refractivity contribution < 1.29 is 33.9 Å². The summed E-state index contributed by atoms with van der Waals surface area (Å²) in [5.74, 6) is 0.134. The number of pyridine rings is 1. The molecule has 134 valence electrons. The minimum absolute atomic E-state index is 0.0114. The molecular formula is C17H19NO7. The van der Waals surface area contributed by atoms with Crippen LogP contribution in [0.15, 0.2) is 24.3 Å². The van der Waals surface area contributed by atoms with Gasteiger partial charge in [-0.05, 0) is 17.7 Å². The number of aromatic hydroxyl groups is 1. The minimum atomic E-state index is -0.600. The second-order valence-electron chi connectivity index (χ2n) is 4.88. The normalized spacial score (nSPS) is 10.4. The van der Waals surface area contributed by atoms with Gasteiger partial charge < -0.3 is 19.3 Å². The molecule has 0 aliphatic rings. The van der Waals surface area contributed by atoms with Gasteiger partial charge in [0.25, 0.3) is 0 Å². The van der Waals surface area contributed by atoms with Crippen LogP contribution in [0.2, 0.25) is 0 Å². The van der Waals surface area contributed by atoms with Crippen LogP contribution in [0.4, 0.5) is 0 Å². The number of benzene rings is 1. The number of phenolic OH excluding ortho intramolecular Hbond substituents is 1. The van der Waals surface area contributed by atoms with Gasteiger partial charge >= 0.3 is 5.97 Å². The van der Waals surface area contributed by atoms with E-state index in [1.807, 2.05) is 0 Å². The third-order valence-corrected chi connectivity index (χ3v) is 3.38. The Morgan fingerprint density at radius 1 is 1.04 bits per heavy atom. The lowest BCUT2D eigenvalue weighted by Gasteiger charge is -2.15. The Bertz CT molecular complexity index is 736.